The van der Waals surface area contributed by atoms with E-state index in [0.717, 1.165) is 3.97 Å². The van der Waals surface area contributed by atoms with Gasteiger partial charge in [0.15, 0.2) is 0 Å². The molecule has 0 atom stereocenters. The summed E-state index contributed by atoms with van der Waals surface area (Å²) in [6.45, 7) is 7.94. The molecule has 0 spiro atoms. The Morgan fingerprint density at radius 2 is 2.04 bits per heavy atom. The summed E-state index contributed by atoms with van der Waals surface area (Å²) in [4.78, 5) is 16.8. The van der Waals surface area contributed by atoms with Crippen LogP contribution in [0.2, 0.25) is 0 Å². The van der Waals surface area contributed by atoms with Crippen LogP contribution in [0.3, 0.4) is 0 Å². The summed E-state index contributed by atoms with van der Waals surface area (Å²) in [5.41, 5.74) is 0.866. The number of aromatic nitrogens is 2. The van der Waals surface area contributed by atoms with E-state index in [-0.39, 0.29) is 16.9 Å². The van der Waals surface area contributed by atoms with Crippen molar-refractivity contribution in [3.8, 4) is 0 Å². The standard InChI is InChI=1S/C17H22BrN3O4S/c1-12-13(10-20(16(22)23)11-17(2,3)4)8-15(18)21(12)26(24,25)14-6-5-7-19-9-14/h5-9H,10-11H2,1-4H3,(H,22,23). The van der Waals surface area contributed by atoms with Crippen LogP contribution in [0.15, 0.2) is 40.1 Å². The number of carbonyl (C=O) groups is 1. The zero-order valence-corrected chi connectivity index (χ0v) is 17.5. The Kier molecular flexibility index (Phi) is 5.82. The van der Waals surface area contributed by atoms with Gasteiger partial charge in [-0.15, -0.1) is 0 Å². The average molecular weight is 444 g/mol. The molecule has 0 saturated heterocycles. The van der Waals surface area contributed by atoms with Crippen molar-refractivity contribution in [2.45, 2.75) is 39.1 Å². The van der Waals surface area contributed by atoms with E-state index in [1.807, 2.05) is 20.8 Å². The van der Waals surface area contributed by atoms with Gasteiger partial charge in [-0.25, -0.2) is 17.2 Å². The highest BCUT2D eigenvalue weighted by molar-refractivity contribution is 9.10. The van der Waals surface area contributed by atoms with E-state index >= 15 is 0 Å². The lowest BCUT2D eigenvalue weighted by molar-refractivity contribution is 0.122. The molecule has 2 aromatic rings. The largest absolute Gasteiger partial charge is 0.465 e. The lowest BCUT2D eigenvalue weighted by Gasteiger charge is -2.27. The van der Waals surface area contributed by atoms with Crippen LogP contribution >= 0.6 is 15.9 Å². The molecule has 0 aliphatic heterocycles. The summed E-state index contributed by atoms with van der Waals surface area (Å²) in [6, 6.07) is 4.66. The number of pyridine rings is 1. The molecule has 7 nitrogen and oxygen atoms in total. The lowest BCUT2D eigenvalue weighted by atomic mass is 9.96. The minimum atomic E-state index is -3.83. The predicted octanol–water partition coefficient (Wildman–Crippen LogP) is 3.72. The van der Waals surface area contributed by atoms with Crippen LogP contribution in [0, 0.1) is 12.3 Å². The van der Waals surface area contributed by atoms with Crippen LogP contribution in [-0.2, 0) is 16.6 Å². The van der Waals surface area contributed by atoms with Crippen LogP contribution in [-0.4, -0.2) is 40.0 Å². The van der Waals surface area contributed by atoms with Gasteiger partial charge < -0.3 is 10.0 Å². The molecule has 0 aromatic carbocycles. The SMILES string of the molecule is Cc1c(CN(CC(C)(C)C)C(=O)O)cc(Br)n1S(=O)(=O)c1cccnc1. The van der Waals surface area contributed by atoms with Crippen molar-refractivity contribution in [3.63, 3.8) is 0 Å². The van der Waals surface area contributed by atoms with Gasteiger partial charge in [0.2, 0.25) is 0 Å². The summed E-state index contributed by atoms with van der Waals surface area (Å²) >= 11 is 3.29. The molecule has 0 bridgehead atoms. The van der Waals surface area contributed by atoms with E-state index in [1.165, 1.54) is 23.4 Å². The van der Waals surface area contributed by atoms with Crippen LogP contribution in [0.5, 0.6) is 0 Å². The number of rotatable bonds is 5. The maximum absolute atomic E-state index is 12.9. The Labute approximate surface area is 161 Å². The maximum Gasteiger partial charge on any atom is 0.407 e. The first-order chi connectivity index (χ1) is 11.9. The van der Waals surface area contributed by atoms with Gasteiger partial charge in [0.1, 0.15) is 9.50 Å². The molecule has 1 amide bonds. The van der Waals surface area contributed by atoms with Crippen molar-refractivity contribution in [1.29, 1.82) is 0 Å². The van der Waals surface area contributed by atoms with Crippen LogP contribution < -0.4 is 0 Å². The summed E-state index contributed by atoms with van der Waals surface area (Å²) < 4.78 is 27.3. The molecule has 0 aliphatic carbocycles. The highest BCUT2D eigenvalue weighted by Gasteiger charge is 2.26. The van der Waals surface area contributed by atoms with Crippen LogP contribution in [0.4, 0.5) is 4.79 Å². The topological polar surface area (TPSA) is 92.5 Å². The summed E-state index contributed by atoms with van der Waals surface area (Å²) in [7, 11) is -3.83. The first-order valence-electron chi connectivity index (χ1n) is 7.93. The molecule has 2 heterocycles. The lowest BCUT2D eigenvalue weighted by Crippen LogP contribution is -2.36. The molecule has 2 aromatic heterocycles. The smallest absolute Gasteiger partial charge is 0.407 e. The molecule has 26 heavy (non-hydrogen) atoms. The third-order valence-corrected chi connectivity index (χ3v) is 6.33. The molecular formula is C17H22BrN3O4S. The van der Waals surface area contributed by atoms with Gasteiger partial charge in [-0.3, -0.25) is 4.98 Å². The molecular weight excluding hydrogens is 422 g/mol. The van der Waals surface area contributed by atoms with Crippen molar-refractivity contribution in [1.82, 2.24) is 13.9 Å². The van der Waals surface area contributed by atoms with Gasteiger partial charge in [-0.1, -0.05) is 20.8 Å². The van der Waals surface area contributed by atoms with Gasteiger partial charge in [0, 0.05) is 24.6 Å². The molecule has 9 heteroatoms. The van der Waals surface area contributed by atoms with E-state index in [4.69, 9.17) is 0 Å². The minimum absolute atomic E-state index is 0.0655. The van der Waals surface area contributed by atoms with Gasteiger partial charge >= 0.3 is 6.09 Å². The predicted molar refractivity (Wildman–Crippen MR) is 102 cm³/mol. The fraction of sp³-hybridized carbons (Fsp3) is 0.412. The number of halogens is 1. The average Bonchev–Trinajstić information content (AvgIpc) is 2.80. The van der Waals surface area contributed by atoms with Gasteiger partial charge in [-0.2, -0.15) is 0 Å². The van der Waals surface area contributed by atoms with E-state index in [2.05, 4.69) is 20.9 Å². The summed E-state index contributed by atoms with van der Waals surface area (Å²) in [6.07, 6.45) is 1.74. The Balaban J connectivity index is 2.43. The van der Waals surface area contributed by atoms with E-state index in [1.54, 1.807) is 19.1 Å². The fourth-order valence-corrected chi connectivity index (χ4v) is 5.16. The zero-order chi connectivity index (χ0) is 19.7. The molecule has 0 saturated carbocycles. The number of amides is 1. The minimum Gasteiger partial charge on any atom is -0.465 e. The molecule has 2 rings (SSSR count). The molecule has 0 aliphatic rings. The molecule has 0 fully saturated rings. The maximum atomic E-state index is 12.9. The van der Waals surface area contributed by atoms with E-state index < -0.39 is 16.1 Å². The van der Waals surface area contributed by atoms with E-state index in [0.29, 0.717) is 22.4 Å². The van der Waals surface area contributed by atoms with Gasteiger partial charge in [-0.05, 0) is 52.0 Å². The normalized spacial score (nSPS) is 12.2. The second kappa shape index (κ2) is 7.40. The Bertz CT molecular complexity index is 902. The van der Waals surface area contributed by atoms with Gasteiger partial charge in [0.25, 0.3) is 10.0 Å². The monoisotopic (exact) mass is 443 g/mol. The third kappa shape index (κ3) is 4.45. The third-order valence-electron chi connectivity index (χ3n) is 3.73. The number of carboxylic acid groups (broad SMARTS) is 1. The summed E-state index contributed by atoms with van der Waals surface area (Å²) in [5, 5.41) is 9.48. The number of hydrogen-bond acceptors (Lipinski definition) is 4. The highest BCUT2D eigenvalue weighted by atomic mass is 79.9. The van der Waals surface area contributed by atoms with Crippen molar-refractivity contribution in [3.05, 3.63) is 46.5 Å². The van der Waals surface area contributed by atoms with Crippen molar-refractivity contribution >= 4 is 32.0 Å². The number of nitrogens with zero attached hydrogens (tertiary/aromatic N) is 3. The Morgan fingerprint density at radius 1 is 1.38 bits per heavy atom. The summed E-state index contributed by atoms with van der Waals surface area (Å²) in [5.74, 6) is 0. The molecule has 0 unspecified atom stereocenters. The van der Waals surface area contributed by atoms with Crippen molar-refractivity contribution in [2.24, 2.45) is 5.41 Å². The quantitative estimate of drug-likeness (QED) is 0.759. The first kappa shape index (κ1) is 20.4. The Hall–Kier alpha value is -1.87. The first-order valence-corrected chi connectivity index (χ1v) is 10.2. The number of hydrogen-bond donors (Lipinski definition) is 1. The molecule has 0 radical (unpaired) electrons. The van der Waals surface area contributed by atoms with Crippen molar-refractivity contribution < 1.29 is 18.3 Å². The van der Waals surface area contributed by atoms with Crippen LogP contribution in [0.1, 0.15) is 32.0 Å². The molecule has 1 N–H and O–H groups in total. The molecule has 142 valence electrons. The second-order valence-electron chi connectivity index (χ2n) is 7.24. The van der Waals surface area contributed by atoms with Gasteiger partial charge in [0.05, 0.1) is 6.54 Å². The highest BCUT2D eigenvalue weighted by Crippen LogP contribution is 2.28. The zero-order valence-electron chi connectivity index (χ0n) is 15.1. The second-order valence-corrected chi connectivity index (χ2v) is 9.83. The van der Waals surface area contributed by atoms with Crippen molar-refractivity contribution in [2.75, 3.05) is 6.54 Å². The Morgan fingerprint density at radius 3 is 2.54 bits per heavy atom. The van der Waals surface area contributed by atoms with E-state index in [9.17, 15) is 18.3 Å². The van der Waals surface area contributed by atoms with Crippen LogP contribution in [0.25, 0.3) is 0 Å². The fourth-order valence-electron chi connectivity index (χ4n) is 2.63.